The minimum Gasteiger partial charge on any atom is -0.444 e. The van der Waals surface area contributed by atoms with Crippen LogP contribution in [0.3, 0.4) is 0 Å². The van der Waals surface area contributed by atoms with Gasteiger partial charge in [-0.05, 0) is 84.2 Å². The van der Waals surface area contributed by atoms with Gasteiger partial charge in [-0.2, -0.15) is 8.78 Å². The molecule has 1 unspecified atom stereocenters. The van der Waals surface area contributed by atoms with Gasteiger partial charge in [0.15, 0.2) is 0 Å². The molecule has 0 radical (unpaired) electrons. The predicted molar refractivity (Wildman–Crippen MR) is 119 cm³/mol. The molecule has 0 aliphatic carbocycles. The molecular weight excluding hydrogens is 420 g/mol. The van der Waals surface area contributed by atoms with E-state index in [1.807, 2.05) is 34.6 Å². The van der Waals surface area contributed by atoms with E-state index in [9.17, 15) is 18.4 Å². The maximum Gasteiger partial charge on any atom is 0.410 e. The number of ether oxygens (including phenoxy) is 2. The summed E-state index contributed by atoms with van der Waals surface area (Å²) in [6, 6.07) is 5.83. The molecule has 0 saturated carbocycles. The van der Waals surface area contributed by atoms with E-state index < -0.39 is 12.2 Å². The van der Waals surface area contributed by atoms with Crippen molar-refractivity contribution in [2.45, 2.75) is 65.7 Å². The van der Waals surface area contributed by atoms with Crippen molar-refractivity contribution in [2.75, 3.05) is 31.5 Å². The van der Waals surface area contributed by atoms with Gasteiger partial charge in [0.1, 0.15) is 11.4 Å². The Balaban J connectivity index is 1.87. The van der Waals surface area contributed by atoms with Crippen LogP contribution in [-0.4, -0.2) is 66.2 Å². The average Bonchev–Trinajstić information content (AvgIpc) is 2.66. The molecule has 1 aromatic rings. The molecule has 1 saturated heterocycles. The molecule has 0 aromatic heterocycles. The fourth-order valence-corrected chi connectivity index (χ4v) is 3.66. The molecule has 1 heterocycles. The summed E-state index contributed by atoms with van der Waals surface area (Å²) in [7, 11) is 0. The Morgan fingerprint density at radius 1 is 1.22 bits per heavy atom. The first kappa shape index (κ1) is 25.8. The van der Waals surface area contributed by atoms with Gasteiger partial charge in [-0.1, -0.05) is 0 Å². The highest BCUT2D eigenvalue weighted by molar-refractivity contribution is 5.92. The number of benzene rings is 1. The highest BCUT2D eigenvalue weighted by Gasteiger charge is 2.29. The van der Waals surface area contributed by atoms with Crippen molar-refractivity contribution in [3.05, 3.63) is 24.3 Å². The summed E-state index contributed by atoms with van der Waals surface area (Å²) in [5.74, 6) is 0.106. The SMILES string of the molecule is CC(C)N(CC1CCCN(CC(=O)Nc2ccc(OC(F)F)cc2)C1)C(=O)OC(C)(C)C. The molecule has 1 aliphatic rings. The van der Waals surface area contributed by atoms with Crippen LogP contribution >= 0.6 is 0 Å². The van der Waals surface area contributed by atoms with Gasteiger partial charge in [0, 0.05) is 24.8 Å². The molecule has 7 nitrogen and oxygen atoms in total. The Bertz CT molecular complexity index is 751. The van der Waals surface area contributed by atoms with Gasteiger partial charge in [-0.25, -0.2) is 4.79 Å². The Labute approximate surface area is 189 Å². The van der Waals surface area contributed by atoms with Crippen LogP contribution < -0.4 is 10.1 Å². The minimum absolute atomic E-state index is 0.0144. The van der Waals surface area contributed by atoms with E-state index in [1.165, 1.54) is 24.3 Å². The first-order chi connectivity index (χ1) is 14.9. The molecule has 180 valence electrons. The average molecular weight is 456 g/mol. The summed E-state index contributed by atoms with van der Waals surface area (Å²) in [5, 5.41) is 2.78. The Hall–Kier alpha value is -2.42. The third-order valence-electron chi connectivity index (χ3n) is 5.04. The van der Waals surface area contributed by atoms with Crippen LogP contribution in [0.5, 0.6) is 5.75 Å². The van der Waals surface area contributed by atoms with Crippen LogP contribution in [0.4, 0.5) is 19.3 Å². The van der Waals surface area contributed by atoms with Crippen molar-refractivity contribution < 1.29 is 27.8 Å². The van der Waals surface area contributed by atoms with E-state index in [0.29, 0.717) is 18.8 Å². The highest BCUT2D eigenvalue weighted by atomic mass is 19.3. The molecule has 1 atom stereocenters. The minimum atomic E-state index is -2.88. The number of anilines is 1. The van der Waals surface area contributed by atoms with Crippen molar-refractivity contribution in [3.8, 4) is 5.75 Å². The topological polar surface area (TPSA) is 71.1 Å². The molecule has 1 aliphatic heterocycles. The quantitative estimate of drug-likeness (QED) is 0.621. The third kappa shape index (κ3) is 8.98. The Morgan fingerprint density at radius 3 is 2.44 bits per heavy atom. The summed E-state index contributed by atoms with van der Waals surface area (Å²) in [4.78, 5) is 28.9. The van der Waals surface area contributed by atoms with E-state index in [1.54, 1.807) is 4.90 Å². The zero-order valence-corrected chi connectivity index (χ0v) is 19.6. The maximum atomic E-state index is 12.6. The molecule has 1 fully saturated rings. The predicted octanol–water partition coefficient (Wildman–Crippen LogP) is 4.58. The summed E-state index contributed by atoms with van der Waals surface area (Å²) in [5.41, 5.74) is -0.0360. The Kier molecular flexibility index (Phi) is 9.24. The lowest BCUT2D eigenvalue weighted by atomic mass is 9.97. The van der Waals surface area contributed by atoms with Gasteiger partial charge in [0.25, 0.3) is 0 Å². The van der Waals surface area contributed by atoms with Gasteiger partial charge in [-0.15, -0.1) is 0 Å². The molecule has 2 rings (SSSR count). The van der Waals surface area contributed by atoms with Gasteiger partial charge >= 0.3 is 12.7 Å². The lowest BCUT2D eigenvalue weighted by Gasteiger charge is -2.37. The third-order valence-corrected chi connectivity index (χ3v) is 5.04. The number of hydrogen-bond acceptors (Lipinski definition) is 5. The second-order valence-electron chi connectivity index (χ2n) is 9.42. The van der Waals surface area contributed by atoms with Crippen LogP contribution in [0.1, 0.15) is 47.5 Å². The van der Waals surface area contributed by atoms with E-state index in [-0.39, 0.29) is 36.3 Å². The summed E-state index contributed by atoms with van der Waals surface area (Å²) in [6.45, 7) is 8.92. The number of alkyl halides is 2. The second kappa shape index (κ2) is 11.4. The fraction of sp³-hybridized carbons (Fsp3) is 0.652. The van der Waals surface area contributed by atoms with Gasteiger partial charge < -0.3 is 19.7 Å². The molecular formula is C23H35F2N3O4. The van der Waals surface area contributed by atoms with Crippen LogP contribution in [0.2, 0.25) is 0 Å². The zero-order valence-electron chi connectivity index (χ0n) is 19.6. The maximum absolute atomic E-state index is 12.6. The summed E-state index contributed by atoms with van der Waals surface area (Å²) >= 11 is 0. The number of likely N-dealkylation sites (tertiary alicyclic amines) is 1. The summed E-state index contributed by atoms with van der Waals surface area (Å²) in [6.07, 6.45) is 1.61. The number of carbonyl (C=O) groups excluding carboxylic acids is 2. The first-order valence-corrected chi connectivity index (χ1v) is 11.0. The van der Waals surface area contributed by atoms with E-state index in [2.05, 4.69) is 15.0 Å². The number of nitrogens with zero attached hydrogens (tertiary/aromatic N) is 2. The number of rotatable bonds is 8. The molecule has 0 bridgehead atoms. The van der Waals surface area contributed by atoms with Gasteiger partial charge in [0.2, 0.25) is 5.91 Å². The smallest absolute Gasteiger partial charge is 0.410 e. The lowest BCUT2D eigenvalue weighted by Crippen LogP contribution is -2.48. The van der Waals surface area contributed by atoms with Crippen LogP contribution in [-0.2, 0) is 9.53 Å². The summed E-state index contributed by atoms with van der Waals surface area (Å²) < 4.78 is 34.3. The molecule has 0 spiro atoms. The Morgan fingerprint density at radius 2 is 1.88 bits per heavy atom. The number of amides is 2. The fourth-order valence-electron chi connectivity index (χ4n) is 3.66. The zero-order chi connectivity index (χ0) is 23.9. The normalized spacial score (nSPS) is 17.3. The second-order valence-corrected chi connectivity index (χ2v) is 9.42. The molecule has 9 heteroatoms. The highest BCUT2D eigenvalue weighted by Crippen LogP contribution is 2.21. The van der Waals surface area contributed by atoms with Crippen molar-refractivity contribution in [2.24, 2.45) is 5.92 Å². The number of nitrogens with one attached hydrogen (secondary N) is 1. The first-order valence-electron chi connectivity index (χ1n) is 11.0. The largest absolute Gasteiger partial charge is 0.444 e. The van der Waals surface area contributed by atoms with Crippen molar-refractivity contribution in [1.82, 2.24) is 9.80 Å². The van der Waals surface area contributed by atoms with E-state index >= 15 is 0 Å². The number of piperidine rings is 1. The van der Waals surface area contributed by atoms with E-state index in [4.69, 9.17) is 4.74 Å². The van der Waals surface area contributed by atoms with Crippen LogP contribution in [0, 0.1) is 5.92 Å². The van der Waals surface area contributed by atoms with Gasteiger partial charge in [-0.3, -0.25) is 9.69 Å². The van der Waals surface area contributed by atoms with Crippen molar-refractivity contribution in [3.63, 3.8) is 0 Å². The van der Waals surface area contributed by atoms with Crippen molar-refractivity contribution in [1.29, 1.82) is 0 Å². The number of halogens is 2. The lowest BCUT2D eigenvalue weighted by molar-refractivity contribution is -0.117. The molecule has 1 aromatic carbocycles. The standard InChI is InChI=1S/C23H35F2N3O4/c1-16(2)28(22(30)32-23(3,4)5)14-17-7-6-12-27(13-17)15-20(29)26-18-8-10-19(11-9-18)31-21(24)25/h8-11,16-17,21H,6-7,12-15H2,1-5H3,(H,26,29). The van der Waals surface area contributed by atoms with Crippen LogP contribution in [0.15, 0.2) is 24.3 Å². The monoisotopic (exact) mass is 455 g/mol. The van der Waals surface area contributed by atoms with Crippen LogP contribution in [0.25, 0.3) is 0 Å². The molecule has 2 amide bonds. The van der Waals surface area contributed by atoms with E-state index in [0.717, 1.165) is 19.4 Å². The molecule has 1 N–H and O–H groups in total. The number of carbonyl (C=O) groups is 2. The van der Waals surface area contributed by atoms with Crippen molar-refractivity contribution >= 4 is 17.7 Å². The number of hydrogen-bond donors (Lipinski definition) is 1. The molecule has 32 heavy (non-hydrogen) atoms. The van der Waals surface area contributed by atoms with Gasteiger partial charge in [0.05, 0.1) is 6.54 Å².